The maximum absolute atomic E-state index is 13.0. The minimum atomic E-state index is -0.446. The first kappa shape index (κ1) is 31.9. The molecule has 2 aromatic carbocycles. The van der Waals surface area contributed by atoms with Crippen LogP contribution in [0, 0.1) is 0 Å². The van der Waals surface area contributed by atoms with E-state index in [9.17, 15) is 9.59 Å². The van der Waals surface area contributed by atoms with Crippen LogP contribution in [0.4, 0.5) is 21.4 Å². The molecule has 1 saturated heterocycles. The Morgan fingerprint density at radius 2 is 1.70 bits per heavy atom. The van der Waals surface area contributed by atoms with E-state index in [2.05, 4.69) is 65.4 Å². The molecule has 1 aliphatic rings. The highest BCUT2D eigenvalue weighted by Gasteiger charge is 2.23. The molecule has 0 radical (unpaired) electrons. The van der Waals surface area contributed by atoms with Gasteiger partial charge in [-0.05, 0) is 66.8 Å². The van der Waals surface area contributed by atoms with Gasteiger partial charge in [-0.1, -0.05) is 57.6 Å². The van der Waals surface area contributed by atoms with Gasteiger partial charge < -0.3 is 10.1 Å². The Bertz CT molecular complexity index is 1840. The standard InChI is InChI=1S/C35H38N8O3S/c1-5-8-23-10-14-26(15-11-23)43-30(19-29(41-43)35(2,3)4)40-32(45)39-25-20-36-33(37-21-25)46-27-16-12-24(13-17-27)28-22-38-34(47-28)42-18-7-6-9-31(42)44/h10-17,19-22H,5-9,18H2,1-4H3,(H2,39,40,45). The molecule has 3 aromatic heterocycles. The number of amides is 3. The van der Waals surface area contributed by atoms with Crippen molar-refractivity contribution in [2.45, 2.75) is 65.2 Å². The van der Waals surface area contributed by atoms with Crippen LogP contribution in [0.1, 0.15) is 64.6 Å². The number of carbonyl (C=O) groups excluding carboxylic acids is 2. The van der Waals surface area contributed by atoms with Gasteiger partial charge in [0, 0.05) is 30.6 Å². The topological polar surface area (TPSA) is 127 Å². The largest absolute Gasteiger partial charge is 0.424 e. The number of carbonyl (C=O) groups is 2. The van der Waals surface area contributed by atoms with Crippen molar-refractivity contribution in [1.29, 1.82) is 0 Å². The molecule has 1 aliphatic heterocycles. The first-order valence-corrected chi connectivity index (χ1v) is 16.6. The van der Waals surface area contributed by atoms with E-state index in [-0.39, 0.29) is 17.3 Å². The van der Waals surface area contributed by atoms with Gasteiger partial charge in [0.15, 0.2) is 5.13 Å². The highest BCUT2D eigenvalue weighted by atomic mass is 32.1. The number of piperidine rings is 1. The monoisotopic (exact) mass is 650 g/mol. The zero-order valence-corrected chi connectivity index (χ0v) is 27.8. The Hall–Kier alpha value is -5.10. The van der Waals surface area contributed by atoms with Crippen LogP contribution in [-0.4, -0.2) is 43.2 Å². The minimum absolute atomic E-state index is 0.133. The number of thiazole rings is 1. The number of ether oxygens (including phenoxy) is 1. The molecule has 11 nitrogen and oxygen atoms in total. The summed E-state index contributed by atoms with van der Waals surface area (Å²) < 4.78 is 7.58. The van der Waals surface area contributed by atoms with Crippen LogP contribution in [0.5, 0.6) is 11.8 Å². The molecule has 2 N–H and O–H groups in total. The number of benzene rings is 2. The average molecular weight is 651 g/mol. The number of aromatic nitrogens is 5. The smallest absolute Gasteiger partial charge is 0.324 e. The van der Waals surface area contributed by atoms with Gasteiger partial charge in [0.05, 0.1) is 34.3 Å². The number of nitrogens with one attached hydrogen (secondary N) is 2. The molecule has 6 rings (SSSR count). The number of rotatable bonds is 9. The molecule has 1 fully saturated rings. The molecule has 0 unspecified atom stereocenters. The number of hydrogen-bond acceptors (Lipinski definition) is 8. The van der Waals surface area contributed by atoms with Crippen molar-refractivity contribution in [1.82, 2.24) is 24.7 Å². The molecule has 0 spiro atoms. The highest BCUT2D eigenvalue weighted by molar-refractivity contribution is 7.19. The van der Waals surface area contributed by atoms with Crippen LogP contribution in [0.15, 0.2) is 73.2 Å². The molecule has 12 heteroatoms. The van der Waals surface area contributed by atoms with Gasteiger partial charge in [-0.2, -0.15) is 5.10 Å². The lowest BCUT2D eigenvalue weighted by molar-refractivity contribution is -0.119. The van der Waals surface area contributed by atoms with E-state index >= 15 is 0 Å². The van der Waals surface area contributed by atoms with Crippen LogP contribution >= 0.6 is 11.3 Å². The molecular weight excluding hydrogens is 613 g/mol. The maximum atomic E-state index is 13.0. The van der Waals surface area contributed by atoms with Crippen LogP contribution in [0.3, 0.4) is 0 Å². The van der Waals surface area contributed by atoms with Crippen molar-refractivity contribution in [3.8, 4) is 27.9 Å². The highest BCUT2D eigenvalue weighted by Crippen LogP contribution is 2.34. The molecule has 0 atom stereocenters. The van der Waals surface area contributed by atoms with E-state index in [1.165, 1.54) is 29.3 Å². The normalized spacial score (nSPS) is 13.4. The van der Waals surface area contributed by atoms with E-state index in [0.717, 1.165) is 59.2 Å². The zero-order valence-electron chi connectivity index (χ0n) is 27.0. The summed E-state index contributed by atoms with van der Waals surface area (Å²) in [5.41, 5.74) is 4.15. The van der Waals surface area contributed by atoms with E-state index < -0.39 is 6.03 Å². The Labute approximate surface area is 278 Å². The molecule has 0 aliphatic carbocycles. The molecule has 0 bridgehead atoms. The molecule has 5 aromatic rings. The summed E-state index contributed by atoms with van der Waals surface area (Å²) in [5.74, 6) is 1.25. The maximum Gasteiger partial charge on any atom is 0.324 e. The van der Waals surface area contributed by atoms with Crippen LogP contribution in [0.25, 0.3) is 16.1 Å². The third kappa shape index (κ3) is 7.66. The molecule has 4 heterocycles. The van der Waals surface area contributed by atoms with E-state index in [1.807, 2.05) is 42.5 Å². The van der Waals surface area contributed by atoms with E-state index in [0.29, 0.717) is 23.7 Å². The number of aryl methyl sites for hydroxylation is 1. The first-order valence-electron chi connectivity index (χ1n) is 15.8. The lowest BCUT2D eigenvalue weighted by atomic mass is 9.92. The van der Waals surface area contributed by atoms with E-state index in [1.54, 1.807) is 15.8 Å². The zero-order chi connectivity index (χ0) is 33.0. The van der Waals surface area contributed by atoms with Crippen molar-refractivity contribution in [3.05, 3.63) is 84.4 Å². The lowest BCUT2D eigenvalue weighted by Crippen LogP contribution is -2.34. The third-order valence-electron chi connectivity index (χ3n) is 7.72. The lowest BCUT2D eigenvalue weighted by Gasteiger charge is -2.23. The van der Waals surface area contributed by atoms with Gasteiger partial charge in [-0.25, -0.2) is 24.4 Å². The molecule has 0 saturated carbocycles. The van der Waals surface area contributed by atoms with Gasteiger partial charge >= 0.3 is 12.0 Å². The number of nitrogens with zero attached hydrogens (tertiary/aromatic N) is 6. The average Bonchev–Trinajstić information content (AvgIpc) is 3.72. The molecule has 3 amide bonds. The van der Waals surface area contributed by atoms with Crippen LogP contribution < -0.4 is 20.3 Å². The van der Waals surface area contributed by atoms with Gasteiger partial charge in [0.2, 0.25) is 5.91 Å². The van der Waals surface area contributed by atoms with Gasteiger partial charge in [0.1, 0.15) is 11.6 Å². The quantitative estimate of drug-likeness (QED) is 0.166. The van der Waals surface area contributed by atoms with Crippen molar-refractivity contribution in [2.75, 3.05) is 22.1 Å². The SMILES string of the molecule is CCCc1ccc(-n2nc(C(C)(C)C)cc2NC(=O)Nc2cnc(Oc3ccc(-c4cnc(N5CCCCC5=O)s4)cc3)nc2)cc1. The van der Waals surface area contributed by atoms with Gasteiger partial charge in [-0.3, -0.25) is 15.0 Å². The Morgan fingerprint density at radius 1 is 0.957 bits per heavy atom. The predicted octanol–water partition coefficient (Wildman–Crippen LogP) is 7.99. The second kappa shape index (κ2) is 13.7. The summed E-state index contributed by atoms with van der Waals surface area (Å²) >= 11 is 1.50. The first-order chi connectivity index (χ1) is 22.7. The van der Waals surface area contributed by atoms with Crippen molar-refractivity contribution in [3.63, 3.8) is 0 Å². The molecule has 47 heavy (non-hydrogen) atoms. The summed E-state index contributed by atoms with van der Waals surface area (Å²) in [7, 11) is 0. The van der Waals surface area contributed by atoms with Crippen molar-refractivity contribution >= 4 is 39.9 Å². The van der Waals surface area contributed by atoms with Gasteiger partial charge in [0.25, 0.3) is 0 Å². The number of anilines is 3. The fraction of sp³-hybridized carbons (Fsp3) is 0.314. The Morgan fingerprint density at radius 3 is 2.38 bits per heavy atom. The molecular formula is C35H38N8O3S. The number of urea groups is 1. The third-order valence-corrected chi connectivity index (χ3v) is 8.79. The minimum Gasteiger partial charge on any atom is -0.424 e. The second-order valence-electron chi connectivity index (χ2n) is 12.5. The predicted molar refractivity (Wildman–Crippen MR) is 185 cm³/mol. The van der Waals surface area contributed by atoms with Crippen molar-refractivity contribution in [2.24, 2.45) is 0 Å². The summed E-state index contributed by atoms with van der Waals surface area (Å²) in [4.78, 5) is 41.0. The summed E-state index contributed by atoms with van der Waals surface area (Å²) in [6.45, 7) is 9.12. The van der Waals surface area contributed by atoms with Crippen LogP contribution in [-0.2, 0) is 16.6 Å². The van der Waals surface area contributed by atoms with Crippen LogP contribution in [0.2, 0.25) is 0 Å². The van der Waals surface area contributed by atoms with Gasteiger partial charge in [-0.15, -0.1) is 0 Å². The molecule has 242 valence electrons. The fourth-order valence-corrected chi connectivity index (χ4v) is 6.13. The fourth-order valence-electron chi connectivity index (χ4n) is 5.16. The summed E-state index contributed by atoms with van der Waals surface area (Å²) in [6.07, 6.45) is 9.37. The summed E-state index contributed by atoms with van der Waals surface area (Å²) in [6, 6.07) is 17.3. The van der Waals surface area contributed by atoms with E-state index in [4.69, 9.17) is 9.84 Å². The second-order valence-corrected chi connectivity index (χ2v) is 13.5. The summed E-state index contributed by atoms with van der Waals surface area (Å²) in [5, 5.41) is 11.2. The Balaban J connectivity index is 1.07. The van der Waals surface area contributed by atoms with Crippen molar-refractivity contribution < 1.29 is 14.3 Å². The number of hydrogen-bond donors (Lipinski definition) is 2. The Kier molecular flexibility index (Phi) is 9.30.